The lowest BCUT2D eigenvalue weighted by molar-refractivity contribution is 0.230. The van der Waals surface area contributed by atoms with Crippen molar-refractivity contribution in [1.82, 2.24) is 4.90 Å². The summed E-state index contributed by atoms with van der Waals surface area (Å²) in [4.78, 5) is 13.2. The van der Waals surface area contributed by atoms with Crippen LogP contribution in [0.15, 0.2) is 12.1 Å². The quantitative estimate of drug-likeness (QED) is 0.879. The third-order valence-corrected chi connectivity index (χ3v) is 3.07. The number of urea groups is 1. The topological polar surface area (TPSA) is 32.3 Å². The van der Waals surface area contributed by atoms with Crippen molar-refractivity contribution in [3.8, 4) is 0 Å². The molecule has 0 bridgehead atoms. The van der Waals surface area contributed by atoms with E-state index in [1.807, 2.05) is 19.1 Å². The van der Waals surface area contributed by atoms with Gasteiger partial charge < -0.3 is 10.2 Å². The van der Waals surface area contributed by atoms with E-state index in [-0.39, 0.29) is 6.03 Å². The van der Waals surface area contributed by atoms with Gasteiger partial charge in [-0.3, -0.25) is 0 Å². The number of carbonyl (C=O) groups excluding carboxylic acids is 1. The van der Waals surface area contributed by atoms with E-state index in [9.17, 15) is 4.79 Å². The number of nitrogens with zero attached hydrogens (tertiary/aromatic N) is 1. The highest BCUT2D eigenvalue weighted by molar-refractivity contribution is 6.31. The van der Waals surface area contributed by atoms with Crippen molar-refractivity contribution in [2.45, 2.75) is 26.7 Å². The first-order chi connectivity index (χ1) is 8.01. The molecule has 17 heavy (non-hydrogen) atoms. The van der Waals surface area contributed by atoms with Crippen LogP contribution in [0, 0.1) is 0 Å². The third-order valence-electron chi connectivity index (χ3n) is 2.71. The maximum absolute atomic E-state index is 11.7. The molecule has 3 nitrogen and oxygen atoms in total. The second-order valence-corrected chi connectivity index (χ2v) is 4.50. The number of carbonyl (C=O) groups is 1. The van der Waals surface area contributed by atoms with Crippen LogP contribution in [-0.2, 0) is 12.8 Å². The first kappa shape index (κ1) is 13.8. The SMILES string of the molecule is CCc1ccc(Cl)c(CC)c1NC(=O)N(C)C. The average Bonchev–Trinajstić information content (AvgIpc) is 2.29. The first-order valence-corrected chi connectivity index (χ1v) is 6.17. The van der Waals surface area contributed by atoms with Crippen molar-refractivity contribution in [2.75, 3.05) is 19.4 Å². The Morgan fingerprint density at radius 2 is 1.94 bits per heavy atom. The molecule has 0 aromatic heterocycles. The molecule has 1 rings (SSSR count). The Morgan fingerprint density at radius 3 is 2.41 bits per heavy atom. The van der Waals surface area contributed by atoms with Gasteiger partial charge in [-0.15, -0.1) is 0 Å². The zero-order chi connectivity index (χ0) is 13.0. The second-order valence-electron chi connectivity index (χ2n) is 4.09. The van der Waals surface area contributed by atoms with Crippen LogP contribution in [0.5, 0.6) is 0 Å². The lowest BCUT2D eigenvalue weighted by Gasteiger charge is -2.18. The van der Waals surface area contributed by atoms with Gasteiger partial charge in [0.15, 0.2) is 0 Å². The van der Waals surface area contributed by atoms with E-state index >= 15 is 0 Å². The van der Waals surface area contributed by atoms with Crippen LogP contribution in [0.1, 0.15) is 25.0 Å². The highest BCUT2D eigenvalue weighted by Crippen LogP contribution is 2.29. The Kier molecular flexibility index (Phi) is 4.82. The molecule has 1 aromatic carbocycles. The number of hydrogen-bond donors (Lipinski definition) is 1. The number of amides is 2. The van der Waals surface area contributed by atoms with Crippen LogP contribution in [0.3, 0.4) is 0 Å². The van der Waals surface area contributed by atoms with E-state index < -0.39 is 0 Å². The number of hydrogen-bond acceptors (Lipinski definition) is 1. The number of benzene rings is 1. The number of halogens is 1. The number of rotatable bonds is 3. The van der Waals surface area contributed by atoms with Crippen LogP contribution in [0.2, 0.25) is 5.02 Å². The molecule has 1 N–H and O–H groups in total. The van der Waals surface area contributed by atoms with E-state index in [1.54, 1.807) is 14.1 Å². The Morgan fingerprint density at radius 1 is 1.29 bits per heavy atom. The highest BCUT2D eigenvalue weighted by Gasteiger charge is 2.13. The summed E-state index contributed by atoms with van der Waals surface area (Å²) in [7, 11) is 3.44. The predicted octanol–water partition coefficient (Wildman–Crippen LogP) is 3.56. The minimum atomic E-state index is -0.128. The van der Waals surface area contributed by atoms with Crippen LogP contribution in [0.25, 0.3) is 0 Å². The first-order valence-electron chi connectivity index (χ1n) is 5.79. The van der Waals surface area contributed by atoms with Gasteiger partial charge in [0.25, 0.3) is 0 Å². The fraction of sp³-hybridized carbons (Fsp3) is 0.462. The summed E-state index contributed by atoms with van der Waals surface area (Å²) in [5.41, 5.74) is 2.98. The second kappa shape index (κ2) is 5.92. The summed E-state index contributed by atoms with van der Waals surface area (Å²) < 4.78 is 0. The fourth-order valence-corrected chi connectivity index (χ4v) is 1.98. The minimum Gasteiger partial charge on any atom is -0.331 e. The van der Waals surface area contributed by atoms with Crippen molar-refractivity contribution in [2.24, 2.45) is 0 Å². The Bertz CT molecular complexity index is 416. The van der Waals surface area contributed by atoms with E-state index in [1.165, 1.54) is 4.90 Å². The normalized spacial score (nSPS) is 10.2. The number of anilines is 1. The summed E-state index contributed by atoms with van der Waals surface area (Å²) in [5, 5.41) is 3.63. The van der Waals surface area contributed by atoms with E-state index in [0.29, 0.717) is 5.02 Å². The molecule has 0 atom stereocenters. The third kappa shape index (κ3) is 3.13. The van der Waals surface area contributed by atoms with Crippen LogP contribution >= 0.6 is 11.6 Å². The largest absolute Gasteiger partial charge is 0.331 e. The molecule has 0 aliphatic carbocycles. The molecule has 0 saturated carbocycles. The van der Waals surface area contributed by atoms with E-state index in [0.717, 1.165) is 29.7 Å². The zero-order valence-electron chi connectivity index (χ0n) is 10.8. The van der Waals surface area contributed by atoms with Gasteiger partial charge in [-0.25, -0.2) is 4.79 Å². The van der Waals surface area contributed by atoms with Gasteiger partial charge >= 0.3 is 6.03 Å². The summed E-state index contributed by atoms with van der Waals surface area (Å²) in [6, 6.07) is 3.73. The molecule has 0 unspecified atom stereocenters. The predicted molar refractivity (Wildman–Crippen MR) is 72.9 cm³/mol. The molecule has 94 valence electrons. The molecule has 0 aliphatic rings. The Hall–Kier alpha value is -1.22. The molecular weight excluding hydrogens is 236 g/mol. The molecule has 0 saturated heterocycles. The number of aryl methyl sites for hydroxylation is 1. The molecule has 0 radical (unpaired) electrons. The van der Waals surface area contributed by atoms with Gasteiger partial charge in [0.05, 0.1) is 5.69 Å². The summed E-state index contributed by atoms with van der Waals surface area (Å²) in [6.07, 6.45) is 1.67. The van der Waals surface area contributed by atoms with Gasteiger partial charge in [0.2, 0.25) is 0 Å². The van der Waals surface area contributed by atoms with E-state index in [4.69, 9.17) is 11.6 Å². The van der Waals surface area contributed by atoms with Gasteiger partial charge in [-0.2, -0.15) is 0 Å². The van der Waals surface area contributed by atoms with Gasteiger partial charge in [0.1, 0.15) is 0 Å². The molecule has 0 aliphatic heterocycles. The van der Waals surface area contributed by atoms with Gasteiger partial charge in [-0.1, -0.05) is 31.5 Å². The van der Waals surface area contributed by atoms with Crippen molar-refractivity contribution in [3.63, 3.8) is 0 Å². The monoisotopic (exact) mass is 254 g/mol. The van der Waals surface area contributed by atoms with E-state index in [2.05, 4.69) is 12.2 Å². The fourth-order valence-electron chi connectivity index (χ4n) is 1.69. The Labute approximate surface area is 108 Å². The van der Waals surface area contributed by atoms with Gasteiger partial charge in [-0.05, 0) is 30.0 Å². The summed E-state index contributed by atoms with van der Waals surface area (Å²) in [6.45, 7) is 4.10. The van der Waals surface area contributed by atoms with Crippen LogP contribution in [0.4, 0.5) is 10.5 Å². The van der Waals surface area contributed by atoms with Crippen molar-refractivity contribution in [3.05, 3.63) is 28.3 Å². The summed E-state index contributed by atoms with van der Waals surface area (Å²) >= 11 is 6.16. The molecule has 1 aromatic rings. The molecule has 0 heterocycles. The maximum Gasteiger partial charge on any atom is 0.321 e. The Balaban J connectivity index is 3.18. The molecular formula is C13H19ClN2O. The van der Waals surface area contributed by atoms with Gasteiger partial charge in [0, 0.05) is 19.1 Å². The highest BCUT2D eigenvalue weighted by atomic mass is 35.5. The van der Waals surface area contributed by atoms with Crippen molar-refractivity contribution < 1.29 is 4.79 Å². The molecule has 0 fully saturated rings. The van der Waals surface area contributed by atoms with Crippen LogP contribution in [-0.4, -0.2) is 25.0 Å². The molecule has 0 spiro atoms. The van der Waals surface area contributed by atoms with Crippen molar-refractivity contribution >= 4 is 23.3 Å². The summed E-state index contributed by atoms with van der Waals surface area (Å²) in [5.74, 6) is 0. The lowest BCUT2D eigenvalue weighted by atomic mass is 10.0. The molecule has 4 heteroatoms. The van der Waals surface area contributed by atoms with Crippen LogP contribution < -0.4 is 5.32 Å². The van der Waals surface area contributed by atoms with Crippen molar-refractivity contribution in [1.29, 1.82) is 0 Å². The molecule has 2 amide bonds. The lowest BCUT2D eigenvalue weighted by Crippen LogP contribution is -2.28. The smallest absolute Gasteiger partial charge is 0.321 e. The number of nitrogens with one attached hydrogen (secondary N) is 1. The zero-order valence-corrected chi connectivity index (χ0v) is 11.6. The average molecular weight is 255 g/mol. The maximum atomic E-state index is 11.7. The standard InChI is InChI=1S/C13H19ClN2O/c1-5-9-7-8-11(14)10(6-2)12(9)15-13(17)16(3)4/h7-8H,5-6H2,1-4H3,(H,15,17). The minimum absolute atomic E-state index is 0.128.